The summed E-state index contributed by atoms with van der Waals surface area (Å²) in [7, 11) is 0. The van der Waals surface area contributed by atoms with Gasteiger partial charge in [-0.25, -0.2) is 14.9 Å². The Bertz CT molecular complexity index is 498. The molecule has 1 aromatic heterocycles. The van der Waals surface area contributed by atoms with Gasteiger partial charge < -0.3 is 4.90 Å². The minimum atomic E-state index is -0.147. The Morgan fingerprint density at radius 1 is 1.32 bits per heavy atom. The maximum absolute atomic E-state index is 6.03. The first-order chi connectivity index (χ1) is 9.29. The molecule has 4 aliphatic heterocycles. The van der Waals surface area contributed by atoms with Crippen LogP contribution in [0.25, 0.3) is 0 Å². The van der Waals surface area contributed by atoms with E-state index in [1.807, 2.05) is 11.4 Å². The zero-order chi connectivity index (χ0) is 12.8. The molecule has 5 rings (SSSR count). The highest BCUT2D eigenvalue weighted by Crippen LogP contribution is 2.36. The van der Waals surface area contributed by atoms with Gasteiger partial charge in [-0.2, -0.15) is 0 Å². The van der Waals surface area contributed by atoms with Crippen molar-refractivity contribution in [3.8, 4) is 0 Å². The molecule has 6 heteroatoms. The SMILES string of the molecule is Brc1ccc(C2N=CN(C3CN4CCC3CC4)O2)s1. The molecule has 0 spiro atoms. The molecule has 19 heavy (non-hydrogen) atoms. The van der Waals surface area contributed by atoms with Crippen molar-refractivity contribution in [2.24, 2.45) is 10.9 Å². The van der Waals surface area contributed by atoms with Gasteiger partial charge in [-0.1, -0.05) is 0 Å². The lowest BCUT2D eigenvalue weighted by atomic mass is 9.84. The summed E-state index contributed by atoms with van der Waals surface area (Å²) >= 11 is 5.18. The third-order valence-corrected chi connectivity index (χ3v) is 5.98. The maximum Gasteiger partial charge on any atom is 0.211 e. The summed E-state index contributed by atoms with van der Waals surface area (Å²) in [5, 5.41) is 2.01. The van der Waals surface area contributed by atoms with Crippen LogP contribution in [0.3, 0.4) is 0 Å². The summed E-state index contributed by atoms with van der Waals surface area (Å²) in [4.78, 5) is 14.2. The van der Waals surface area contributed by atoms with E-state index in [4.69, 9.17) is 4.84 Å². The molecule has 0 radical (unpaired) electrons. The lowest BCUT2D eigenvalue weighted by Crippen LogP contribution is -2.56. The van der Waals surface area contributed by atoms with Crippen LogP contribution in [-0.4, -0.2) is 42.0 Å². The summed E-state index contributed by atoms with van der Waals surface area (Å²) in [5.41, 5.74) is 0. The molecule has 4 nitrogen and oxygen atoms in total. The van der Waals surface area contributed by atoms with Crippen molar-refractivity contribution in [2.75, 3.05) is 19.6 Å². The summed E-state index contributed by atoms with van der Waals surface area (Å²) in [5.74, 6) is 0.769. The number of fused-ring (bicyclic) bond motifs is 3. The van der Waals surface area contributed by atoms with Gasteiger partial charge in [0.1, 0.15) is 6.34 Å². The average molecular weight is 342 g/mol. The third-order valence-electron chi connectivity index (χ3n) is 4.32. The van der Waals surface area contributed by atoms with E-state index < -0.39 is 0 Å². The van der Waals surface area contributed by atoms with Crippen LogP contribution < -0.4 is 0 Å². The Morgan fingerprint density at radius 2 is 2.16 bits per heavy atom. The fourth-order valence-electron chi connectivity index (χ4n) is 3.27. The average Bonchev–Trinajstić information content (AvgIpc) is 3.08. The molecule has 1 aromatic rings. The normalized spacial score (nSPS) is 37.2. The first-order valence-electron chi connectivity index (χ1n) is 6.75. The van der Waals surface area contributed by atoms with Crippen molar-refractivity contribution < 1.29 is 4.84 Å². The number of rotatable bonds is 2. The van der Waals surface area contributed by atoms with Crippen molar-refractivity contribution in [2.45, 2.75) is 25.1 Å². The van der Waals surface area contributed by atoms with E-state index in [1.165, 1.54) is 25.9 Å². The molecule has 2 bridgehead atoms. The summed E-state index contributed by atoms with van der Waals surface area (Å²) in [6.45, 7) is 3.64. The van der Waals surface area contributed by atoms with Crippen LogP contribution in [0, 0.1) is 5.92 Å². The van der Waals surface area contributed by atoms with E-state index >= 15 is 0 Å². The molecule has 3 fully saturated rings. The first-order valence-corrected chi connectivity index (χ1v) is 8.36. The molecule has 0 amide bonds. The number of hydroxylamine groups is 2. The van der Waals surface area contributed by atoms with Crippen LogP contribution in [0.5, 0.6) is 0 Å². The molecule has 5 heterocycles. The van der Waals surface area contributed by atoms with Gasteiger partial charge in [0.15, 0.2) is 0 Å². The number of piperidine rings is 3. The van der Waals surface area contributed by atoms with E-state index in [-0.39, 0.29) is 6.23 Å². The summed E-state index contributed by atoms with van der Waals surface area (Å²) in [6.07, 6.45) is 4.35. The molecular formula is C13H16BrN3OS. The Labute approximate surface area is 125 Å². The lowest BCUT2D eigenvalue weighted by molar-refractivity contribution is -0.175. The number of hydrogen-bond acceptors (Lipinski definition) is 5. The second-order valence-corrected chi connectivity index (χ2v) is 7.92. The Kier molecular flexibility index (Phi) is 3.14. The van der Waals surface area contributed by atoms with Crippen LogP contribution >= 0.6 is 27.3 Å². The summed E-state index contributed by atoms with van der Waals surface area (Å²) in [6, 6.07) is 4.62. The maximum atomic E-state index is 6.03. The largest absolute Gasteiger partial charge is 0.301 e. The molecule has 0 aliphatic carbocycles. The molecule has 0 N–H and O–H groups in total. The number of halogens is 1. The minimum absolute atomic E-state index is 0.147. The monoisotopic (exact) mass is 341 g/mol. The molecule has 0 saturated carbocycles. The van der Waals surface area contributed by atoms with E-state index in [2.05, 4.69) is 38.0 Å². The van der Waals surface area contributed by atoms with Crippen LogP contribution in [0.15, 0.2) is 20.9 Å². The standard InChI is InChI=1S/C13H16BrN3OS/c14-12-2-1-11(19-12)13-15-8-17(18-13)10-7-16-5-3-9(10)4-6-16/h1-2,8-10,13H,3-7H2. The van der Waals surface area contributed by atoms with Crippen molar-refractivity contribution >= 4 is 33.6 Å². The van der Waals surface area contributed by atoms with Crippen LogP contribution in [0.1, 0.15) is 23.9 Å². The van der Waals surface area contributed by atoms with Crippen LogP contribution in [0.4, 0.5) is 0 Å². The van der Waals surface area contributed by atoms with Gasteiger partial charge in [0.05, 0.1) is 14.7 Å². The molecule has 3 saturated heterocycles. The molecule has 2 atom stereocenters. The van der Waals surface area contributed by atoms with E-state index in [0.29, 0.717) is 6.04 Å². The highest BCUT2D eigenvalue weighted by atomic mass is 79.9. The fraction of sp³-hybridized carbons (Fsp3) is 0.615. The van der Waals surface area contributed by atoms with E-state index in [9.17, 15) is 0 Å². The fourth-order valence-corrected chi connectivity index (χ4v) is 4.66. The lowest BCUT2D eigenvalue weighted by Gasteiger charge is -2.47. The summed E-state index contributed by atoms with van der Waals surface area (Å²) < 4.78 is 1.13. The first kappa shape index (κ1) is 12.3. The number of nitrogens with zero attached hydrogens (tertiary/aromatic N) is 3. The number of thiophene rings is 1. The Hall–Kier alpha value is -0.430. The minimum Gasteiger partial charge on any atom is -0.301 e. The molecule has 4 aliphatic rings. The van der Waals surface area contributed by atoms with Gasteiger partial charge in [-0.15, -0.1) is 11.3 Å². The third kappa shape index (κ3) is 2.24. The second kappa shape index (κ2) is 4.84. The van der Waals surface area contributed by atoms with Gasteiger partial charge in [-0.3, -0.25) is 0 Å². The van der Waals surface area contributed by atoms with Gasteiger partial charge >= 0.3 is 0 Å². The highest BCUT2D eigenvalue weighted by Gasteiger charge is 2.39. The highest BCUT2D eigenvalue weighted by molar-refractivity contribution is 9.11. The van der Waals surface area contributed by atoms with E-state index in [1.54, 1.807) is 11.3 Å². The van der Waals surface area contributed by atoms with Crippen molar-refractivity contribution in [3.05, 3.63) is 20.8 Å². The molecule has 102 valence electrons. The Balaban J connectivity index is 1.46. The Morgan fingerprint density at radius 3 is 2.79 bits per heavy atom. The predicted molar refractivity (Wildman–Crippen MR) is 79.1 cm³/mol. The molecule has 0 aromatic carbocycles. The molecule has 2 unspecified atom stereocenters. The quantitative estimate of drug-likeness (QED) is 0.827. The topological polar surface area (TPSA) is 28.1 Å². The number of hydrogen-bond donors (Lipinski definition) is 0. The number of aliphatic imine (C=N–C) groups is 1. The van der Waals surface area contributed by atoms with Crippen LogP contribution in [-0.2, 0) is 4.84 Å². The zero-order valence-electron chi connectivity index (χ0n) is 10.5. The predicted octanol–water partition coefficient (Wildman–Crippen LogP) is 2.88. The van der Waals surface area contributed by atoms with Gasteiger partial charge in [0.2, 0.25) is 6.23 Å². The van der Waals surface area contributed by atoms with Gasteiger partial charge in [-0.05, 0) is 59.9 Å². The van der Waals surface area contributed by atoms with E-state index in [0.717, 1.165) is 21.1 Å². The smallest absolute Gasteiger partial charge is 0.211 e. The van der Waals surface area contributed by atoms with Gasteiger partial charge in [0, 0.05) is 6.54 Å². The van der Waals surface area contributed by atoms with Crippen molar-refractivity contribution in [3.63, 3.8) is 0 Å². The van der Waals surface area contributed by atoms with Gasteiger partial charge in [0.25, 0.3) is 0 Å². The second-order valence-electron chi connectivity index (χ2n) is 5.43. The van der Waals surface area contributed by atoms with Crippen LogP contribution in [0.2, 0.25) is 0 Å². The van der Waals surface area contributed by atoms with Crippen molar-refractivity contribution in [1.29, 1.82) is 0 Å². The van der Waals surface area contributed by atoms with Crippen molar-refractivity contribution in [1.82, 2.24) is 9.96 Å². The molecular weight excluding hydrogens is 326 g/mol. The zero-order valence-corrected chi connectivity index (χ0v) is 12.9.